The van der Waals surface area contributed by atoms with Crippen LogP contribution in [-0.2, 0) is 19.5 Å². The van der Waals surface area contributed by atoms with Crippen molar-refractivity contribution in [2.45, 2.75) is 4.90 Å². The molecule has 7 nitrogen and oxygen atoms in total. The van der Waals surface area contributed by atoms with E-state index >= 15 is 0 Å². The second-order valence-corrected chi connectivity index (χ2v) is 6.79. The Labute approximate surface area is 149 Å². The Hall–Kier alpha value is -2.42. The Bertz CT molecular complexity index is 883. The molecule has 0 atom stereocenters. The normalized spacial score (nSPS) is 11.0. The SMILES string of the molecule is NS(=O)(=O)c1ccc(Cl)c(C(=O)OCCOC(=O)c2ccccc2)c1. The summed E-state index contributed by atoms with van der Waals surface area (Å²) in [5.74, 6) is -1.41. The van der Waals surface area contributed by atoms with Gasteiger partial charge >= 0.3 is 11.9 Å². The van der Waals surface area contributed by atoms with Crippen molar-refractivity contribution in [3.63, 3.8) is 0 Å². The number of esters is 2. The summed E-state index contributed by atoms with van der Waals surface area (Å²) in [6.07, 6.45) is 0. The van der Waals surface area contributed by atoms with Gasteiger partial charge in [0.15, 0.2) is 0 Å². The van der Waals surface area contributed by atoms with E-state index in [9.17, 15) is 18.0 Å². The minimum absolute atomic E-state index is 0.0127. The van der Waals surface area contributed by atoms with Gasteiger partial charge in [0.2, 0.25) is 10.0 Å². The van der Waals surface area contributed by atoms with Crippen molar-refractivity contribution in [1.82, 2.24) is 0 Å². The topological polar surface area (TPSA) is 113 Å². The lowest BCUT2D eigenvalue weighted by molar-refractivity contribution is 0.0265. The summed E-state index contributed by atoms with van der Waals surface area (Å²) in [6.45, 7) is -0.376. The van der Waals surface area contributed by atoms with E-state index < -0.39 is 22.0 Å². The van der Waals surface area contributed by atoms with Crippen LogP contribution in [-0.4, -0.2) is 33.6 Å². The van der Waals surface area contributed by atoms with Gasteiger partial charge in [-0.25, -0.2) is 23.1 Å². The average molecular weight is 384 g/mol. The van der Waals surface area contributed by atoms with Crippen molar-refractivity contribution >= 4 is 33.6 Å². The molecule has 0 aliphatic heterocycles. The molecule has 0 spiro atoms. The van der Waals surface area contributed by atoms with E-state index in [1.54, 1.807) is 30.3 Å². The first-order chi connectivity index (χ1) is 11.8. The number of hydrogen-bond acceptors (Lipinski definition) is 6. The summed E-state index contributed by atoms with van der Waals surface area (Å²) in [7, 11) is -3.98. The summed E-state index contributed by atoms with van der Waals surface area (Å²) < 4.78 is 32.5. The second-order valence-electron chi connectivity index (χ2n) is 4.82. The number of halogens is 1. The number of hydrogen-bond donors (Lipinski definition) is 1. The van der Waals surface area contributed by atoms with Crippen molar-refractivity contribution in [1.29, 1.82) is 0 Å². The third-order valence-corrected chi connectivity index (χ3v) is 4.29. The van der Waals surface area contributed by atoms with E-state index in [1.807, 2.05) is 0 Å². The first-order valence-corrected chi connectivity index (χ1v) is 8.93. The Balaban J connectivity index is 1.92. The van der Waals surface area contributed by atoms with Gasteiger partial charge in [-0.05, 0) is 30.3 Å². The molecule has 0 aliphatic rings. The van der Waals surface area contributed by atoms with Crippen molar-refractivity contribution in [3.8, 4) is 0 Å². The number of ether oxygens (including phenoxy) is 2. The van der Waals surface area contributed by atoms with Crippen LogP contribution < -0.4 is 5.14 Å². The Morgan fingerprint density at radius 1 is 0.960 bits per heavy atom. The van der Waals surface area contributed by atoms with Gasteiger partial charge in [-0.2, -0.15) is 0 Å². The fourth-order valence-corrected chi connectivity index (χ4v) is 2.58. The van der Waals surface area contributed by atoms with Gasteiger partial charge in [0, 0.05) is 0 Å². The number of primary sulfonamides is 1. The summed E-state index contributed by atoms with van der Waals surface area (Å²) in [5, 5.41) is 5.02. The molecule has 132 valence electrons. The number of carbonyl (C=O) groups excluding carboxylic acids is 2. The maximum atomic E-state index is 12.0. The van der Waals surface area contributed by atoms with Crippen LogP contribution in [0.2, 0.25) is 5.02 Å². The predicted octanol–water partition coefficient (Wildman–Crippen LogP) is 2.00. The molecule has 0 fully saturated rings. The predicted molar refractivity (Wildman–Crippen MR) is 89.8 cm³/mol. The van der Waals surface area contributed by atoms with Crippen molar-refractivity contribution in [3.05, 3.63) is 64.7 Å². The molecule has 2 aromatic carbocycles. The fourth-order valence-electron chi connectivity index (χ4n) is 1.84. The summed E-state index contributed by atoms with van der Waals surface area (Å²) in [4.78, 5) is 23.4. The van der Waals surface area contributed by atoms with Crippen LogP contribution in [0, 0.1) is 0 Å². The van der Waals surface area contributed by atoms with Crippen LogP contribution in [0.3, 0.4) is 0 Å². The highest BCUT2D eigenvalue weighted by molar-refractivity contribution is 7.89. The minimum atomic E-state index is -3.98. The lowest BCUT2D eigenvalue weighted by Gasteiger charge is -2.08. The number of sulfonamides is 1. The Morgan fingerprint density at radius 3 is 2.16 bits per heavy atom. The molecule has 0 aliphatic carbocycles. The van der Waals surface area contributed by atoms with Crippen molar-refractivity contribution in [2.75, 3.05) is 13.2 Å². The maximum Gasteiger partial charge on any atom is 0.339 e. The highest BCUT2D eigenvalue weighted by Gasteiger charge is 2.17. The molecule has 0 saturated carbocycles. The number of carbonyl (C=O) groups is 2. The van der Waals surface area contributed by atoms with Crippen LogP contribution in [0.1, 0.15) is 20.7 Å². The minimum Gasteiger partial charge on any atom is -0.458 e. The fraction of sp³-hybridized carbons (Fsp3) is 0.125. The van der Waals surface area contributed by atoms with Gasteiger partial charge < -0.3 is 9.47 Å². The molecule has 0 aromatic heterocycles. The quantitative estimate of drug-likeness (QED) is 0.603. The third-order valence-electron chi connectivity index (χ3n) is 3.05. The largest absolute Gasteiger partial charge is 0.458 e. The Kier molecular flexibility index (Phi) is 6.13. The van der Waals surface area contributed by atoms with Crippen LogP contribution in [0.25, 0.3) is 0 Å². The highest BCUT2D eigenvalue weighted by atomic mass is 35.5. The molecular weight excluding hydrogens is 370 g/mol. The molecule has 0 heterocycles. The number of rotatable bonds is 6. The average Bonchev–Trinajstić information content (AvgIpc) is 2.58. The summed E-state index contributed by atoms with van der Waals surface area (Å²) >= 11 is 5.86. The Morgan fingerprint density at radius 2 is 1.56 bits per heavy atom. The molecule has 25 heavy (non-hydrogen) atoms. The third kappa shape index (κ3) is 5.28. The molecular formula is C16H14ClNO6S. The molecule has 2 rings (SSSR count). The maximum absolute atomic E-state index is 12.0. The van der Waals surface area contributed by atoms with Crippen molar-refractivity contribution < 1.29 is 27.5 Å². The second kappa shape index (κ2) is 8.11. The first kappa shape index (κ1) is 18.9. The zero-order valence-corrected chi connectivity index (χ0v) is 14.4. The zero-order chi connectivity index (χ0) is 18.4. The number of benzene rings is 2. The van der Waals surface area contributed by atoms with E-state index in [2.05, 4.69) is 0 Å². The smallest absolute Gasteiger partial charge is 0.339 e. The zero-order valence-electron chi connectivity index (χ0n) is 12.8. The lowest BCUT2D eigenvalue weighted by Crippen LogP contribution is -2.16. The molecule has 2 aromatic rings. The van der Waals surface area contributed by atoms with Crippen molar-refractivity contribution in [2.24, 2.45) is 5.14 Å². The van der Waals surface area contributed by atoms with E-state index in [1.165, 1.54) is 12.1 Å². The van der Waals surface area contributed by atoms with Gasteiger partial charge in [0.1, 0.15) is 13.2 Å². The molecule has 9 heteroatoms. The van der Waals surface area contributed by atoms with Crippen LogP contribution in [0.4, 0.5) is 0 Å². The van der Waals surface area contributed by atoms with Gasteiger partial charge in [-0.15, -0.1) is 0 Å². The molecule has 0 unspecified atom stereocenters. The summed E-state index contributed by atoms with van der Waals surface area (Å²) in [6, 6.07) is 11.8. The first-order valence-electron chi connectivity index (χ1n) is 7.00. The van der Waals surface area contributed by atoms with E-state index in [-0.39, 0.29) is 28.7 Å². The standard InChI is InChI=1S/C16H14ClNO6S/c17-14-7-6-12(25(18,21)22)10-13(14)16(20)24-9-8-23-15(19)11-4-2-1-3-5-11/h1-7,10H,8-9H2,(H2,18,21,22). The molecule has 0 radical (unpaired) electrons. The van der Waals surface area contributed by atoms with Crippen LogP contribution >= 0.6 is 11.6 Å². The van der Waals surface area contributed by atoms with E-state index in [0.717, 1.165) is 6.07 Å². The molecule has 0 bridgehead atoms. The molecule has 2 N–H and O–H groups in total. The van der Waals surface area contributed by atoms with Gasteiger partial charge in [0.25, 0.3) is 0 Å². The van der Waals surface area contributed by atoms with Gasteiger partial charge in [0.05, 0.1) is 21.0 Å². The number of nitrogens with two attached hydrogens (primary N) is 1. The van der Waals surface area contributed by atoms with Crippen LogP contribution in [0.5, 0.6) is 0 Å². The van der Waals surface area contributed by atoms with Gasteiger partial charge in [-0.1, -0.05) is 29.8 Å². The molecule has 0 amide bonds. The molecule has 0 saturated heterocycles. The van der Waals surface area contributed by atoms with E-state index in [4.69, 9.17) is 26.2 Å². The highest BCUT2D eigenvalue weighted by Crippen LogP contribution is 2.20. The lowest BCUT2D eigenvalue weighted by atomic mass is 10.2. The van der Waals surface area contributed by atoms with Crippen LogP contribution in [0.15, 0.2) is 53.4 Å². The van der Waals surface area contributed by atoms with E-state index in [0.29, 0.717) is 5.56 Å². The monoisotopic (exact) mass is 383 g/mol. The summed E-state index contributed by atoms with van der Waals surface area (Å²) in [5.41, 5.74) is 0.223. The van der Waals surface area contributed by atoms with Gasteiger partial charge in [-0.3, -0.25) is 0 Å².